The first-order valence-corrected chi connectivity index (χ1v) is 11.0. The minimum Gasteiger partial charge on any atom is -0.481 e. The summed E-state index contributed by atoms with van der Waals surface area (Å²) in [5.74, 6) is -4.02. The summed E-state index contributed by atoms with van der Waals surface area (Å²) < 4.78 is 0. The number of aryl methyl sites for hydroxylation is 2. The molecule has 33 heavy (non-hydrogen) atoms. The van der Waals surface area contributed by atoms with E-state index in [4.69, 9.17) is 23.1 Å². The second kappa shape index (κ2) is 8.88. The van der Waals surface area contributed by atoms with Crippen LogP contribution in [0.4, 0.5) is 0 Å². The maximum Gasteiger partial charge on any atom is 0.352 e. The van der Waals surface area contributed by atoms with E-state index in [1.165, 1.54) is 0 Å². The van der Waals surface area contributed by atoms with Crippen LogP contribution >= 0.6 is 11.6 Å². The Balaban J connectivity index is 1.91. The number of halogens is 1. The first-order chi connectivity index (χ1) is 15.7. The van der Waals surface area contributed by atoms with Gasteiger partial charge in [-0.2, -0.15) is 0 Å². The molecule has 1 aliphatic carbocycles. The number of carbonyl (C=O) groups excluding carboxylic acids is 1. The number of amides is 1. The Hall–Kier alpha value is -3.36. The third kappa shape index (κ3) is 4.19. The molecule has 0 radical (unpaired) electrons. The number of carboxylic acid groups (broad SMARTS) is 2. The molecule has 0 spiro atoms. The summed E-state index contributed by atoms with van der Waals surface area (Å²) in [6.45, 7) is 0.265. The molecule has 7 N–H and O–H groups in total. The van der Waals surface area contributed by atoms with Gasteiger partial charge in [0.05, 0.1) is 5.92 Å². The maximum atomic E-state index is 12.8. The summed E-state index contributed by atoms with van der Waals surface area (Å²) >= 11 is 6.22. The van der Waals surface area contributed by atoms with Gasteiger partial charge in [-0.25, -0.2) is 4.79 Å². The molecule has 1 aliphatic rings. The number of rotatable bonds is 8. The highest BCUT2D eigenvalue weighted by Gasteiger charge is 2.38. The number of aromatic nitrogens is 1. The molecular formula is C24H24ClN3O5. The zero-order valence-electron chi connectivity index (χ0n) is 17.7. The van der Waals surface area contributed by atoms with Crippen LogP contribution in [0.2, 0.25) is 5.02 Å². The number of hydrogen-bond donors (Lipinski definition) is 5. The molecule has 2 unspecified atom stereocenters. The minimum atomic E-state index is -1.14. The van der Waals surface area contributed by atoms with E-state index >= 15 is 0 Å². The number of primary amides is 1. The van der Waals surface area contributed by atoms with Gasteiger partial charge < -0.3 is 26.7 Å². The summed E-state index contributed by atoms with van der Waals surface area (Å²) in [5.41, 5.74) is 15.8. The summed E-state index contributed by atoms with van der Waals surface area (Å²) in [6.07, 6.45) is 1.18. The number of H-pyrrole nitrogens is 1. The van der Waals surface area contributed by atoms with E-state index in [0.717, 1.165) is 16.5 Å². The third-order valence-corrected chi connectivity index (χ3v) is 6.61. The fraction of sp³-hybridized carbons (Fsp3) is 0.292. The topological polar surface area (TPSA) is 160 Å². The van der Waals surface area contributed by atoms with E-state index in [2.05, 4.69) is 4.98 Å². The van der Waals surface area contributed by atoms with Crippen molar-refractivity contribution >= 4 is 40.3 Å². The highest BCUT2D eigenvalue weighted by atomic mass is 35.5. The number of carboxylic acids is 2. The first-order valence-electron chi connectivity index (χ1n) is 10.6. The van der Waals surface area contributed by atoms with Crippen LogP contribution < -0.4 is 11.5 Å². The van der Waals surface area contributed by atoms with Gasteiger partial charge in [0.25, 0.3) is 0 Å². The number of benzene rings is 2. The van der Waals surface area contributed by atoms with Crippen LogP contribution in [0, 0.1) is 0 Å². The van der Waals surface area contributed by atoms with Crippen molar-refractivity contribution in [1.82, 2.24) is 4.98 Å². The van der Waals surface area contributed by atoms with E-state index in [-0.39, 0.29) is 25.1 Å². The molecule has 172 valence electrons. The smallest absolute Gasteiger partial charge is 0.352 e. The summed E-state index contributed by atoms with van der Waals surface area (Å²) in [4.78, 5) is 39.1. The van der Waals surface area contributed by atoms with Crippen LogP contribution in [-0.4, -0.2) is 33.0 Å². The lowest BCUT2D eigenvalue weighted by Crippen LogP contribution is -2.30. The Morgan fingerprint density at radius 2 is 1.94 bits per heavy atom. The van der Waals surface area contributed by atoms with Gasteiger partial charge in [-0.1, -0.05) is 29.8 Å². The second-order valence-electron chi connectivity index (χ2n) is 8.36. The quantitative estimate of drug-likeness (QED) is 0.340. The van der Waals surface area contributed by atoms with E-state index < -0.39 is 29.7 Å². The van der Waals surface area contributed by atoms with Gasteiger partial charge in [-0.3, -0.25) is 9.59 Å². The lowest BCUT2D eigenvalue weighted by molar-refractivity contribution is -0.137. The SMILES string of the molecule is NCc1ccc(C(C(N)=O)C2CCc3cc(Cl)cc4[nH]c(C(=O)O)c2c34)c(CCC(=O)O)c1. The molecule has 1 heterocycles. The van der Waals surface area contributed by atoms with Crippen LogP contribution in [0.25, 0.3) is 10.9 Å². The van der Waals surface area contributed by atoms with Gasteiger partial charge in [0, 0.05) is 34.8 Å². The Labute approximate surface area is 194 Å². The van der Waals surface area contributed by atoms with Crippen LogP contribution in [0.3, 0.4) is 0 Å². The van der Waals surface area contributed by atoms with Gasteiger partial charge in [0.15, 0.2) is 0 Å². The van der Waals surface area contributed by atoms with E-state index in [1.54, 1.807) is 24.3 Å². The van der Waals surface area contributed by atoms with Crippen LogP contribution in [0.15, 0.2) is 30.3 Å². The number of aliphatic carboxylic acids is 1. The Bertz CT molecular complexity index is 1280. The van der Waals surface area contributed by atoms with E-state index in [0.29, 0.717) is 40.1 Å². The van der Waals surface area contributed by atoms with Gasteiger partial charge in [-0.05, 0) is 59.2 Å². The summed E-state index contributed by atoms with van der Waals surface area (Å²) in [7, 11) is 0. The molecule has 0 aliphatic heterocycles. The van der Waals surface area contributed by atoms with Crippen LogP contribution in [-0.2, 0) is 29.0 Å². The molecule has 1 amide bonds. The van der Waals surface area contributed by atoms with Crippen LogP contribution in [0.1, 0.15) is 63.0 Å². The molecule has 8 nitrogen and oxygen atoms in total. The highest BCUT2D eigenvalue weighted by Crippen LogP contribution is 2.47. The molecule has 0 fully saturated rings. The summed E-state index contributed by atoms with van der Waals surface area (Å²) in [6, 6.07) is 8.84. The average molecular weight is 470 g/mol. The van der Waals surface area contributed by atoms with Crippen molar-refractivity contribution in [3.63, 3.8) is 0 Å². The summed E-state index contributed by atoms with van der Waals surface area (Å²) in [5, 5.41) is 20.3. The highest BCUT2D eigenvalue weighted by molar-refractivity contribution is 6.31. The number of aromatic amines is 1. The molecular weight excluding hydrogens is 446 g/mol. The van der Waals surface area contributed by atoms with Gasteiger partial charge >= 0.3 is 11.9 Å². The lowest BCUT2D eigenvalue weighted by atomic mass is 9.72. The van der Waals surface area contributed by atoms with Crippen molar-refractivity contribution in [3.8, 4) is 0 Å². The number of nitrogens with one attached hydrogen (secondary N) is 1. The standard InChI is InChI=1S/C24H24ClN3O5/c25-14-8-13-2-5-16(21-19(13)17(9-14)28-22(21)24(32)33)20(23(27)31)15-4-1-11(10-26)7-12(15)3-6-18(29)30/h1,4,7-9,16,20,28H,2-3,5-6,10,26H2,(H2,27,31)(H,29,30)(H,32,33). The fourth-order valence-corrected chi connectivity index (χ4v) is 5.29. The maximum absolute atomic E-state index is 12.8. The zero-order valence-corrected chi connectivity index (χ0v) is 18.5. The Morgan fingerprint density at radius 1 is 1.18 bits per heavy atom. The molecule has 2 atom stereocenters. The normalized spacial score (nSPS) is 16.0. The average Bonchev–Trinajstić information content (AvgIpc) is 3.14. The lowest BCUT2D eigenvalue weighted by Gasteiger charge is -2.31. The predicted octanol–water partition coefficient (Wildman–Crippen LogP) is 3.29. The zero-order chi connectivity index (χ0) is 23.9. The predicted molar refractivity (Wildman–Crippen MR) is 124 cm³/mol. The number of nitrogens with two attached hydrogens (primary N) is 2. The molecule has 0 bridgehead atoms. The van der Waals surface area contributed by atoms with Gasteiger partial charge in [0.1, 0.15) is 5.69 Å². The monoisotopic (exact) mass is 469 g/mol. The number of hydrogen-bond acceptors (Lipinski definition) is 4. The molecule has 4 rings (SSSR count). The third-order valence-electron chi connectivity index (χ3n) is 6.39. The van der Waals surface area contributed by atoms with Crippen molar-refractivity contribution in [2.75, 3.05) is 0 Å². The van der Waals surface area contributed by atoms with Crippen molar-refractivity contribution in [2.45, 2.75) is 44.1 Å². The van der Waals surface area contributed by atoms with Crippen molar-refractivity contribution in [2.24, 2.45) is 11.5 Å². The van der Waals surface area contributed by atoms with Crippen molar-refractivity contribution in [1.29, 1.82) is 0 Å². The van der Waals surface area contributed by atoms with Crippen LogP contribution in [0.5, 0.6) is 0 Å². The number of aromatic carboxylic acids is 1. The van der Waals surface area contributed by atoms with Gasteiger partial charge in [0.2, 0.25) is 5.91 Å². The van der Waals surface area contributed by atoms with Crippen molar-refractivity contribution < 1.29 is 24.6 Å². The Morgan fingerprint density at radius 3 is 2.58 bits per heavy atom. The largest absolute Gasteiger partial charge is 0.481 e. The molecule has 0 saturated heterocycles. The molecule has 9 heteroatoms. The fourth-order valence-electron chi connectivity index (χ4n) is 5.05. The number of carbonyl (C=O) groups is 3. The van der Waals surface area contributed by atoms with E-state index in [9.17, 15) is 24.6 Å². The molecule has 0 saturated carbocycles. The second-order valence-corrected chi connectivity index (χ2v) is 8.80. The Kier molecular flexibility index (Phi) is 6.14. The first kappa shape index (κ1) is 22.8. The molecule has 1 aromatic heterocycles. The molecule has 3 aromatic rings. The molecule has 2 aromatic carbocycles. The van der Waals surface area contributed by atoms with Crippen molar-refractivity contribution in [3.05, 3.63) is 68.9 Å². The van der Waals surface area contributed by atoms with E-state index in [1.807, 2.05) is 6.07 Å². The minimum absolute atomic E-state index is 0.00938. The van der Waals surface area contributed by atoms with Gasteiger partial charge in [-0.15, -0.1) is 0 Å².